The summed E-state index contributed by atoms with van der Waals surface area (Å²) in [6, 6.07) is 2.15. The van der Waals surface area contributed by atoms with Crippen molar-refractivity contribution in [3.05, 3.63) is 35.6 Å². The maximum absolute atomic E-state index is 12.6. The van der Waals surface area contributed by atoms with Gasteiger partial charge in [-0.3, -0.25) is 9.78 Å². The van der Waals surface area contributed by atoms with E-state index in [2.05, 4.69) is 25.4 Å². The molecule has 3 aromatic heterocycles. The summed E-state index contributed by atoms with van der Waals surface area (Å²) in [6.07, 6.45) is -0.982. The molecule has 1 N–H and O–H groups in total. The lowest BCUT2D eigenvalue weighted by Crippen LogP contribution is -2.11. The Hall–Kier alpha value is -2.65. The SMILES string of the molecule is CC(c1nc(-c2cc(C3CC3)[nH]n2)no1)n1ccc(C(F)(F)F)n1. The van der Waals surface area contributed by atoms with E-state index in [1.54, 1.807) is 6.92 Å². The maximum Gasteiger partial charge on any atom is 0.435 e. The molecule has 1 fully saturated rings. The maximum atomic E-state index is 12.6. The molecule has 1 aliphatic carbocycles. The van der Waals surface area contributed by atoms with Gasteiger partial charge in [0.15, 0.2) is 5.69 Å². The molecule has 0 spiro atoms. The number of hydrogen-bond acceptors (Lipinski definition) is 5. The van der Waals surface area contributed by atoms with E-state index in [9.17, 15) is 13.2 Å². The molecular formula is C14H13F3N6O. The van der Waals surface area contributed by atoms with Gasteiger partial charge in [0.2, 0.25) is 5.82 Å². The largest absolute Gasteiger partial charge is 0.435 e. The molecule has 0 amide bonds. The summed E-state index contributed by atoms with van der Waals surface area (Å²) >= 11 is 0. The molecule has 1 unspecified atom stereocenters. The van der Waals surface area contributed by atoms with E-state index < -0.39 is 17.9 Å². The molecule has 0 aliphatic heterocycles. The summed E-state index contributed by atoms with van der Waals surface area (Å²) in [5.41, 5.74) is 0.623. The van der Waals surface area contributed by atoms with Crippen molar-refractivity contribution in [3.8, 4) is 11.5 Å². The number of hydrogen-bond donors (Lipinski definition) is 1. The molecule has 3 aromatic rings. The third kappa shape index (κ3) is 2.68. The van der Waals surface area contributed by atoms with Crippen LogP contribution in [-0.4, -0.2) is 30.1 Å². The van der Waals surface area contributed by atoms with E-state index in [1.807, 2.05) is 6.07 Å². The fraction of sp³-hybridized carbons (Fsp3) is 0.429. The van der Waals surface area contributed by atoms with Gasteiger partial charge in [-0.05, 0) is 31.9 Å². The van der Waals surface area contributed by atoms with Gasteiger partial charge in [-0.1, -0.05) is 5.16 Å². The fourth-order valence-electron chi connectivity index (χ4n) is 2.38. The summed E-state index contributed by atoms with van der Waals surface area (Å²) in [5.74, 6) is 0.974. The Morgan fingerprint density at radius 1 is 1.38 bits per heavy atom. The Morgan fingerprint density at radius 2 is 2.17 bits per heavy atom. The number of alkyl halides is 3. The van der Waals surface area contributed by atoms with Gasteiger partial charge in [0.05, 0.1) is 0 Å². The molecule has 0 radical (unpaired) electrons. The highest BCUT2D eigenvalue weighted by atomic mass is 19.4. The predicted octanol–water partition coefficient (Wildman–Crippen LogP) is 3.16. The number of nitrogens with one attached hydrogen (secondary N) is 1. The normalized spacial score (nSPS) is 16.5. The average Bonchev–Trinajstić information content (AvgIpc) is 3.03. The van der Waals surface area contributed by atoms with Gasteiger partial charge in [0.1, 0.15) is 11.7 Å². The number of aromatic amines is 1. The highest BCUT2D eigenvalue weighted by molar-refractivity contribution is 5.49. The molecule has 0 bridgehead atoms. The third-order valence-corrected chi connectivity index (χ3v) is 3.94. The van der Waals surface area contributed by atoms with Gasteiger partial charge in [-0.15, -0.1) is 0 Å². The molecule has 1 aliphatic rings. The standard InChI is InChI=1S/C14H13F3N6O/c1-7(23-5-4-11(21-23)14(15,16)17)13-18-12(22-24-13)10-6-9(19-20-10)8-2-3-8/h4-8H,2-3H2,1H3,(H,19,20). The van der Waals surface area contributed by atoms with Crippen LogP contribution in [0.15, 0.2) is 22.9 Å². The lowest BCUT2D eigenvalue weighted by molar-refractivity contribution is -0.141. The first-order valence-electron chi connectivity index (χ1n) is 7.43. The van der Waals surface area contributed by atoms with Gasteiger partial charge < -0.3 is 4.52 Å². The second-order valence-corrected chi connectivity index (χ2v) is 5.79. The van der Waals surface area contributed by atoms with E-state index >= 15 is 0 Å². The Labute approximate surface area is 133 Å². The van der Waals surface area contributed by atoms with Gasteiger partial charge >= 0.3 is 6.18 Å². The van der Waals surface area contributed by atoms with E-state index in [4.69, 9.17) is 4.52 Å². The topological polar surface area (TPSA) is 85.4 Å². The van der Waals surface area contributed by atoms with Crippen LogP contribution in [0.3, 0.4) is 0 Å². The van der Waals surface area contributed by atoms with Gasteiger partial charge in [-0.25, -0.2) is 0 Å². The van der Waals surface area contributed by atoms with Crippen LogP contribution >= 0.6 is 0 Å². The van der Waals surface area contributed by atoms with Crippen molar-refractivity contribution in [3.63, 3.8) is 0 Å². The number of rotatable bonds is 4. The summed E-state index contributed by atoms with van der Waals surface area (Å²) < 4.78 is 44.2. The van der Waals surface area contributed by atoms with Crippen LogP contribution in [0.1, 0.15) is 49.0 Å². The van der Waals surface area contributed by atoms with Crippen LogP contribution in [0.5, 0.6) is 0 Å². The quantitative estimate of drug-likeness (QED) is 0.790. The molecule has 0 saturated heterocycles. The molecule has 3 heterocycles. The van der Waals surface area contributed by atoms with Crippen LogP contribution in [0.25, 0.3) is 11.5 Å². The number of halogens is 3. The molecule has 10 heteroatoms. The second kappa shape index (κ2) is 5.18. The molecular weight excluding hydrogens is 325 g/mol. The zero-order valence-electron chi connectivity index (χ0n) is 12.6. The minimum absolute atomic E-state index is 0.165. The van der Waals surface area contributed by atoms with Crippen molar-refractivity contribution < 1.29 is 17.7 Å². The Balaban J connectivity index is 1.56. The van der Waals surface area contributed by atoms with Crippen molar-refractivity contribution in [2.45, 2.75) is 37.9 Å². The van der Waals surface area contributed by atoms with Crippen LogP contribution < -0.4 is 0 Å². The van der Waals surface area contributed by atoms with Gasteiger partial charge in [-0.2, -0.15) is 28.4 Å². The Morgan fingerprint density at radius 3 is 2.83 bits per heavy atom. The van der Waals surface area contributed by atoms with E-state index in [0.717, 1.165) is 29.3 Å². The van der Waals surface area contributed by atoms with Crippen LogP contribution in [0.4, 0.5) is 13.2 Å². The van der Waals surface area contributed by atoms with Crippen molar-refractivity contribution in [1.82, 2.24) is 30.1 Å². The molecule has 0 aromatic carbocycles. The molecule has 7 nitrogen and oxygen atoms in total. The molecule has 1 atom stereocenters. The minimum atomic E-state index is -4.49. The number of aromatic nitrogens is 6. The fourth-order valence-corrected chi connectivity index (χ4v) is 2.38. The highest BCUT2D eigenvalue weighted by Gasteiger charge is 2.34. The molecule has 126 valence electrons. The summed E-state index contributed by atoms with van der Waals surface area (Å²) in [6.45, 7) is 1.63. The average molecular weight is 338 g/mol. The summed E-state index contributed by atoms with van der Waals surface area (Å²) in [5, 5.41) is 14.5. The monoisotopic (exact) mass is 338 g/mol. The predicted molar refractivity (Wildman–Crippen MR) is 74.9 cm³/mol. The number of nitrogens with zero attached hydrogens (tertiary/aromatic N) is 5. The molecule has 4 rings (SSSR count). The molecule has 24 heavy (non-hydrogen) atoms. The van der Waals surface area contributed by atoms with E-state index in [-0.39, 0.29) is 5.89 Å². The van der Waals surface area contributed by atoms with Gasteiger partial charge in [0, 0.05) is 17.8 Å². The first-order valence-corrected chi connectivity index (χ1v) is 7.43. The summed E-state index contributed by atoms with van der Waals surface area (Å²) in [7, 11) is 0. The van der Waals surface area contributed by atoms with Crippen LogP contribution in [-0.2, 0) is 6.18 Å². The van der Waals surface area contributed by atoms with Crippen molar-refractivity contribution in [1.29, 1.82) is 0 Å². The lowest BCUT2D eigenvalue weighted by atomic mass is 10.2. The van der Waals surface area contributed by atoms with Crippen molar-refractivity contribution in [2.24, 2.45) is 0 Å². The summed E-state index contributed by atoms with van der Waals surface area (Å²) in [4.78, 5) is 4.22. The zero-order chi connectivity index (χ0) is 16.9. The van der Waals surface area contributed by atoms with Crippen molar-refractivity contribution in [2.75, 3.05) is 0 Å². The van der Waals surface area contributed by atoms with Crippen LogP contribution in [0.2, 0.25) is 0 Å². The van der Waals surface area contributed by atoms with E-state index in [1.165, 1.54) is 6.20 Å². The van der Waals surface area contributed by atoms with Gasteiger partial charge in [0.25, 0.3) is 5.89 Å². The number of H-pyrrole nitrogens is 1. The first kappa shape index (κ1) is 14.9. The molecule has 1 saturated carbocycles. The Kier molecular flexibility index (Phi) is 3.22. The minimum Gasteiger partial charge on any atom is -0.337 e. The van der Waals surface area contributed by atoms with E-state index in [0.29, 0.717) is 17.4 Å². The van der Waals surface area contributed by atoms with Crippen LogP contribution in [0, 0.1) is 0 Å². The van der Waals surface area contributed by atoms with Crippen molar-refractivity contribution >= 4 is 0 Å². The zero-order valence-corrected chi connectivity index (χ0v) is 12.6. The smallest absolute Gasteiger partial charge is 0.337 e. The highest BCUT2D eigenvalue weighted by Crippen LogP contribution is 2.39. The third-order valence-electron chi connectivity index (χ3n) is 3.94. The first-order chi connectivity index (χ1) is 11.4. The Bertz CT molecular complexity index is 860. The second-order valence-electron chi connectivity index (χ2n) is 5.79. The lowest BCUT2D eigenvalue weighted by Gasteiger charge is -2.07.